The van der Waals surface area contributed by atoms with Gasteiger partial charge in [-0.25, -0.2) is 9.97 Å². The molecule has 1 aliphatic rings. The number of likely N-dealkylation sites (N-methyl/N-ethyl adjacent to an activating group) is 1. The molecule has 194 valence electrons. The lowest BCUT2D eigenvalue weighted by molar-refractivity contribution is -0.140. The van der Waals surface area contributed by atoms with Crippen LogP contribution in [0.5, 0.6) is 0 Å². The third kappa shape index (κ3) is 4.37. The summed E-state index contributed by atoms with van der Waals surface area (Å²) in [5.74, 6) is 0.447. The van der Waals surface area contributed by atoms with Crippen LogP contribution < -0.4 is 4.90 Å². The van der Waals surface area contributed by atoms with E-state index in [9.17, 15) is 9.90 Å². The summed E-state index contributed by atoms with van der Waals surface area (Å²) >= 11 is 6.46. The van der Waals surface area contributed by atoms with E-state index in [1.807, 2.05) is 90.8 Å². The van der Waals surface area contributed by atoms with Crippen molar-refractivity contribution in [3.05, 3.63) is 114 Å². The van der Waals surface area contributed by atoms with Gasteiger partial charge in [-0.2, -0.15) is 0 Å². The van der Waals surface area contributed by atoms with Crippen molar-refractivity contribution in [3.63, 3.8) is 0 Å². The van der Waals surface area contributed by atoms with Gasteiger partial charge in [-0.3, -0.25) is 4.79 Å². The van der Waals surface area contributed by atoms with Crippen LogP contribution in [0, 0.1) is 0 Å². The van der Waals surface area contributed by atoms with E-state index in [0.717, 1.165) is 33.2 Å². The van der Waals surface area contributed by atoms with Crippen LogP contribution in [-0.4, -0.2) is 28.1 Å². The second-order valence-electron chi connectivity index (χ2n) is 9.89. The third-order valence-electron chi connectivity index (χ3n) is 7.58. The van der Waals surface area contributed by atoms with Gasteiger partial charge < -0.3 is 14.4 Å². The van der Waals surface area contributed by atoms with Gasteiger partial charge in [0.15, 0.2) is 5.76 Å². The van der Waals surface area contributed by atoms with Crippen molar-refractivity contribution in [1.82, 2.24) is 9.97 Å². The summed E-state index contributed by atoms with van der Waals surface area (Å²) in [6, 6.07) is 23.4. The van der Waals surface area contributed by atoms with Crippen molar-refractivity contribution in [1.29, 1.82) is 0 Å². The first-order valence-corrected chi connectivity index (χ1v) is 13.1. The van der Waals surface area contributed by atoms with Gasteiger partial charge in [0.1, 0.15) is 11.8 Å². The summed E-state index contributed by atoms with van der Waals surface area (Å²) in [7, 11) is 1.91. The number of nitrogens with zero attached hydrogens (tertiary/aromatic N) is 3. The highest BCUT2D eigenvalue weighted by atomic mass is 35.5. The molecular formula is C32H26ClN3O3. The molecule has 0 amide bonds. The Morgan fingerprint density at radius 2 is 1.69 bits per heavy atom. The van der Waals surface area contributed by atoms with Gasteiger partial charge in [0, 0.05) is 23.8 Å². The predicted molar refractivity (Wildman–Crippen MR) is 154 cm³/mol. The number of hydrogen-bond acceptors (Lipinski definition) is 5. The summed E-state index contributed by atoms with van der Waals surface area (Å²) < 4.78 is 5.94. The van der Waals surface area contributed by atoms with Crippen LogP contribution in [0.3, 0.4) is 0 Å². The first-order chi connectivity index (χ1) is 18.9. The Hall–Kier alpha value is -4.42. The van der Waals surface area contributed by atoms with Gasteiger partial charge in [0.25, 0.3) is 0 Å². The van der Waals surface area contributed by atoms with Crippen LogP contribution in [0.15, 0.2) is 102 Å². The van der Waals surface area contributed by atoms with Gasteiger partial charge in [-0.15, -0.1) is 6.58 Å². The molecule has 39 heavy (non-hydrogen) atoms. The number of carboxylic acids is 1. The molecule has 1 aliphatic carbocycles. The number of hydrogen-bond donors (Lipinski definition) is 1. The molecule has 0 aliphatic heterocycles. The second-order valence-corrected chi connectivity index (χ2v) is 10.3. The number of aromatic nitrogens is 2. The van der Waals surface area contributed by atoms with E-state index in [0.29, 0.717) is 35.1 Å². The van der Waals surface area contributed by atoms with E-state index in [-0.39, 0.29) is 6.04 Å². The Bertz CT molecular complexity index is 1690. The van der Waals surface area contributed by atoms with Gasteiger partial charge in [0.05, 0.1) is 16.8 Å². The van der Waals surface area contributed by atoms with Crippen LogP contribution >= 0.6 is 11.6 Å². The molecule has 2 aromatic heterocycles. The van der Waals surface area contributed by atoms with Crippen molar-refractivity contribution >= 4 is 34.4 Å². The van der Waals surface area contributed by atoms with E-state index in [1.54, 1.807) is 12.5 Å². The van der Waals surface area contributed by atoms with Crippen molar-refractivity contribution in [2.75, 3.05) is 11.9 Å². The topological polar surface area (TPSA) is 79.5 Å². The van der Waals surface area contributed by atoms with E-state index in [4.69, 9.17) is 21.0 Å². The molecule has 6 nitrogen and oxygen atoms in total. The van der Waals surface area contributed by atoms with Crippen LogP contribution in [0.4, 0.5) is 5.95 Å². The van der Waals surface area contributed by atoms with Crippen LogP contribution in [0.25, 0.3) is 33.4 Å². The number of furan rings is 1. The third-order valence-corrected chi connectivity index (χ3v) is 7.92. The van der Waals surface area contributed by atoms with E-state index >= 15 is 0 Å². The Kier molecular flexibility index (Phi) is 6.20. The molecule has 0 saturated heterocycles. The van der Waals surface area contributed by atoms with Crippen LogP contribution in [-0.2, 0) is 10.2 Å². The molecular weight excluding hydrogens is 510 g/mol. The Morgan fingerprint density at radius 3 is 2.31 bits per heavy atom. The number of fused-ring (bicyclic) bond motifs is 1. The van der Waals surface area contributed by atoms with E-state index < -0.39 is 11.4 Å². The molecule has 1 fully saturated rings. The largest absolute Gasteiger partial charge is 0.481 e. The second kappa shape index (κ2) is 9.71. The lowest BCUT2D eigenvalue weighted by atomic mass is 9.93. The minimum absolute atomic E-state index is 0.206. The zero-order valence-corrected chi connectivity index (χ0v) is 22.1. The standard InChI is InChI=1S/C32H26ClN3O3/c1-3-27(25-6-4-5-7-26(25)33)36(2)31-34-18-23-19-39-29(28(23)35-31)22-10-8-20(9-11-22)21-12-14-24(15-13-21)32(16-17-32)30(37)38/h3-15,18-19,27H,1,16-17H2,2H3,(H,37,38)/t27-/m1/s1. The van der Waals surface area contributed by atoms with Crippen LogP contribution in [0.1, 0.15) is 30.0 Å². The first kappa shape index (κ1) is 24.9. The minimum Gasteiger partial charge on any atom is -0.481 e. The average molecular weight is 536 g/mol. The maximum absolute atomic E-state index is 11.6. The highest BCUT2D eigenvalue weighted by molar-refractivity contribution is 6.31. The molecule has 0 unspecified atom stereocenters. The van der Waals surface area contributed by atoms with E-state index in [2.05, 4.69) is 11.6 Å². The number of carbonyl (C=O) groups is 1. The molecule has 5 aromatic rings. The maximum Gasteiger partial charge on any atom is 0.314 e. The van der Waals surface area contributed by atoms with Crippen molar-refractivity contribution in [2.45, 2.75) is 24.3 Å². The fourth-order valence-corrected chi connectivity index (χ4v) is 5.33. The number of rotatable bonds is 8. The molecule has 7 heteroatoms. The number of halogens is 1. The van der Waals surface area contributed by atoms with Gasteiger partial charge in [-0.05, 0) is 41.2 Å². The zero-order chi connectivity index (χ0) is 27.1. The minimum atomic E-state index is -0.743. The number of anilines is 1. The first-order valence-electron chi connectivity index (χ1n) is 12.7. The van der Waals surface area contributed by atoms with Gasteiger partial charge in [0.2, 0.25) is 5.95 Å². The molecule has 3 aromatic carbocycles. The molecule has 0 radical (unpaired) electrons. The molecule has 1 N–H and O–H groups in total. The van der Waals surface area contributed by atoms with Crippen molar-refractivity contribution < 1.29 is 14.3 Å². The normalized spacial score (nSPS) is 14.6. The fraction of sp³-hybridized carbons (Fsp3) is 0.156. The summed E-state index contributed by atoms with van der Waals surface area (Å²) in [6.07, 6.45) is 6.64. The summed E-state index contributed by atoms with van der Waals surface area (Å²) in [5, 5.41) is 11.0. The lowest BCUT2D eigenvalue weighted by Crippen LogP contribution is -2.24. The predicted octanol–water partition coefficient (Wildman–Crippen LogP) is 7.69. The SMILES string of the molecule is C=C[C@H](c1ccccc1Cl)N(C)c1ncc2coc(-c3ccc(-c4ccc(C5(C(=O)O)CC5)cc4)cc3)c2n1. The highest BCUT2D eigenvalue weighted by Gasteiger charge is 2.51. The Morgan fingerprint density at radius 1 is 1.05 bits per heavy atom. The number of carboxylic acid groups (broad SMARTS) is 1. The summed E-state index contributed by atoms with van der Waals surface area (Å²) in [6.45, 7) is 4.00. The molecule has 2 heterocycles. The Labute approximate surface area is 231 Å². The van der Waals surface area contributed by atoms with E-state index in [1.165, 1.54) is 0 Å². The summed E-state index contributed by atoms with van der Waals surface area (Å²) in [4.78, 5) is 23.0. The van der Waals surface area contributed by atoms with Crippen molar-refractivity contribution in [2.24, 2.45) is 0 Å². The zero-order valence-electron chi connectivity index (χ0n) is 21.3. The molecule has 1 atom stereocenters. The molecule has 0 spiro atoms. The summed E-state index contributed by atoms with van der Waals surface area (Å²) in [5.41, 5.74) is 4.76. The number of benzene rings is 3. The van der Waals surface area contributed by atoms with Crippen LogP contribution in [0.2, 0.25) is 5.02 Å². The van der Waals surface area contributed by atoms with Crippen molar-refractivity contribution in [3.8, 4) is 22.5 Å². The molecule has 6 rings (SSSR count). The van der Waals surface area contributed by atoms with Gasteiger partial charge in [-0.1, -0.05) is 84.4 Å². The van der Waals surface area contributed by atoms with Gasteiger partial charge >= 0.3 is 5.97 Å². The average Bonchev–Trinajstić information content (AvgIpc) is 3.68. The maximum atomic E-state index is 11.6. The smallest absolute Gasteiger partial charge is 0.314 e. The molecule has 0 bridgehead atoms. The monoisotopic (exact) mass is 535 g/mol. The quantitative estimate of drug-likeness (QED) is 0.205. The molecule has 1 saturated carbocycles. The lowest BCUT2D eigenvalue weighted by Gasteiger charge is -2.26. The Balaban J connectivity index is 1.28. The number of aliphatic carboxylic acids is 1. The highest BCUT2D eigenvalue weighted by Crippen LogP contribution is 2.48. The fourth-order valence-electron chi connectivity index (χ4n) is 5.08.